The molecule has 1 saturated heterocycles. The van der Waals surface area contributed by atoms with Gasteiger partial charge in [-0.15, -0.1) is 0 Å². The van der Waals surface area contributed by atoms with Crippen LogP contribution in [-0.4, -0.2) is 24.8 Å². The fourth-order valence-electron chi connectivity index (χ4n) is 2.30. The Bertz CT molecular complexity index is 359. The van der Waals surface area contributed by atoms with Crippen LogP contribution >= 0.6 is 0 Å². The molecule has 3 heteroatoms. The molecule has 0 unspecified atom stereocenters. The molecule has 0 N–H and O–H groups in total. The number of hydrogen-bond donors (Lipinski definition) is 0. The Morgan fingerprint density at radius 2 is 2.18 bits per heavy atom. The number of nitrogens with zero attached hydrogens (tertiary/aromatic N) is 1. The Labute approximate surface area is 103 Å². The molecule has 0 aliphatic carbocycles. The second kappa shape index (κ2) is 6.01. The highest BCUT2D eigenvalue weighted by atomic mass is 16.5. The van der Waals surface area contributed by atoms with Gasteiger partial charge in [0.2, 0.25) is 5.88 Å². The zero-order valence-electron chi connectivity index (χ0n) is 10.7. The summed E-state index contributed by atoms with van der Waals surface area (Å²) in [5.74, 6) is 1.52. The van der Waals surface area contributed by atoms with Gasteiger partial charge in [0.1, 0.15) is 0 Å². The highest BCUT2D eigenvalue weighted by molar-refractivity contribution is 5.28. The highest BCUT2D eigenvalue weighted by Crippen LogP contribution is 2.22. The van der Waals surface area contributed by atoms with Crippen molar-refractivity contribution in [2.75, 3.05) is 19.8 Å². The summed E-state index contributed by atoms with van der Waals surface area (Å²) in [6.45, 7) is 6.54. The van der Waals surface area contributed by atoms with E-state index in [0.717, 1.165) is 37.0 Å². The molecule has 17 heavy (non-hydrogen) atoms. The molecular formula is C14H21NO2. The van der Waals surface area contributed by atoms with Gasteiger partial charge in [0.15, 0.2) is 0 Å². The maximum absolute atomic E-state index is 5.45. The van der Waals surface area contributed by atoms with E-state index in [1.54, 1.807) is 0 Å². The van der Waals surface area contributed by atoms with Crippen molar-refractivity contribution >= 4 is 0 Å². The summed E-state index contributed by atoms with van der Waals surface area (Å²) in [4.78, 5) is 4.38. The molecule has 94 valence electrons. The number of hydrogen-bond acceptors (Lipinski definition) is 3. The highest BCUT2D eigenvalue weighted by Gasteiger charge is 2.15. The molecule has 3 nitrogen and oxygen atoms in total. The van der Waals surface area contributed by atoms with Crippen LogP contribution in [0.4, 0.5) is 0 Å². The van der Waals surface area contributed by atoms with Crippen LogP contribution in [-0.2, 0) is 11.2 Å². The zero-order valence-corrected chi connectivity index (χ0v) is 10.7. The molecule has 2 heterocycles. The van der Waals surface area contributed by atoms with Crippen molar-refractivity contribution in [3.05, 3.63) is 23.4 Å². The molecule has 1 aromatic rings. The van der Waals surface area contributed by atoms with Crippen molar-refractivity contribution in [1.82, 2.24) is 4.98 Å². The van der Waals surface area contributed by atoms with Gasteiger partial charge in [0.25, 0.3) is 0 Å². The van der Waals surface area contributed by atoms with Gasteiger partial charge in [-0.3, -0.25) is 0 Å². The van der Waals surface area contributed by atoms with Gasteiger partial charge in [-0.05, 0) is 50.7 Å². The topological polar surface area (TPSA) is 31.4 Å². The average Bonchev–Trinajstić information content (AvgIpc) is 2.34. The second-order valence-corrected chi connectivity index (χ2v) is 4.66. The maximum Gasteiger partial charge on any atom is 0.216 e. The van der Waals surface area contributed by atoms with Crippen LogP contribution in [0.15, 0.2) is 12.3 Å². The predicted molar refractivity (Wildman–Crippen MR) is 67.4 cm³/mol. The molecule has 0 saturated carbocycles. The summed E-state index contributed by atoms with van der Waals surface area (Å²) in [7, 11) is 0. The van der Waals surface area contributed by atoms with Crippen molar-refractivity contribution < 1.29 is 9.47 Å². The lowest BCUT2D eigenvalue weighted by Crippen LogP contribution is -2.17. The molecule has 1 aliphatic heterocycles. The minimum atomic E-state index is 0.674. The van der Waals surface area contributed by atoms with Crippen molar-refractivity contribution in [2.24, 2.45) is 5.92 Å². The van der Waals surface area contributed by atoms with E-state index in [1.807, 2.05) is 13.1 Å². The van der Waals surface area contributed by atoms with Crippen LogP contribution in [0.2, 0.25) is 0 Å². The largest absolute Gasteiger partial charge is 0.478 e. The number of pyridine rings is 1. The van der Waals surface area contributed by atoms with E-state index < -0.39 is 0 Å². The first kappa shape index (κ1) is 12.4. The Morgan fingerprint density at radius 3 is 2.82 bits per heavy atom. The van der Waals surface area contributed by atoms with E-state index in [0.29, 0.717) is 6.61 Å². The fourth-order valence-corrected chi connectivity index (χ4v) is 2.30. The third kappa shape index (κ3) is 3.43. The SMILES string of the molecule is CCOc1ncc(CC2CCOCC2)cc1C. The molecule has 1 aliphatic rings. The van der Waals surface area contributed by atoms with Gasteiger partial charge in [-0.1, -0.05) is 0 Å². The lowest BCUT2D eigenvalue weighted by Gasteiger charge is -2.22. The summed E-state index contributed by atoms with van der Waals surface area (Å²) in [5, 5.41) is 0. The zero-order chi connectivity index (χ0) is 12.1. The third-order valence-corrected chi connectivity index (χ3v) is 3.23. The minimum Gasteiger partial charge on any atom is -0.478 e. The monoisotopic (exact) mass is 235 g/mol. The summed E-state index contributed by atoms with van der Waals surface area (Å²) < 4.78 is 10.8. The quantitative estimate of drug-likeness (QED) is 0.804. The van der Waals surface area contributed by atoms with Crippen LogP contribution in [0.5, 0.6) is 5.88 Å². The van der Waals surface area contributed by atoms with Crippen LogP contribution in [0.25, 0.3) is 0 Å². The number of aromatic nitrogens is 1. The first-order valence-corrected chi connectivity index (χ1v) is 6.45. The van der Waals surface area contributed by atoms with Gasteiger partial charge < -0.3 is 9.47 Å². The normalized spacial score (nSPS) is 17.1. The van der Waals surface area contributed by atoms with Crippen LogP contribution < -0.4 is 4.74 Å². The van der Waals surface area contributed by atoms with E-state index >= 15 is 0 Å². The van der Waals surface area contributed by atoms with Gasteiger partial charge in [0.05, 0.1) is 6.61 Å². The summed E-state index contributed by atoms with van der Waals surface area (Å²) in [5.41, 5.74) is 2.45. The standard InChI is InChI=1S/C14H21NO2/c1-3-17-14-11(2)8-13(10-15-14)9-12-4-6-16-7-5-12/h8,10,12H,3-7,9H2,1-2H3. The molecule has 0 bridgehead atoms. The van der Waals surface area contributed by atoms with Crippen LogP contribution in [0, 0.1) is 12.8 Å². The van der Waals surface area contributed by atoms with Crippen molar-refractivity contribution in [3.63, 3.8) is 0 Å². The maximum atomic E-state index is 5.45. The number of ether oxygens (including phenoxy) is 2. The smallest absolute Gasteiger partial charge is 0.216 e. The summed E-state index contributed by atoms with van der Waals surface area (Å²) >= 11 is 0. The average molecular weight is 235 g/mol. The molecule has 0 spiro atoms. The molecule has 0 atom stereocenters. The molecule has 0 amide bonds. The van der Waals surface area contributed by atoms with E-state index in [9.17, 15) is 0 Å². The Balaban J connectivity index is 1.98. The Morgan fingerprint density at radius 1 is 1.41 bits per heavy atom. The molecule has 2 rings (SSSR count). The van der Waals surface area contributed by atoms with E-state index in [2.05, 4.69) is 18.0 Å². The first-order chi connectivity index (χ1) is 8.29. The summed E-state index contributed by atoms with van der Waals surface area (Å²) in [6, 6.07) is 2.20. The van der Waals surface area contributed by atoms with Gasteiger partial charge in [0, 0.05) is 25.0 Å². The number of rotatable bonds is 4. The van der Waals surface area contributed by atoms with Crippen LogP contribution in [0.1, 0.15) is 30.9 Å². The van der Waals surface area contributed by atoms with Crippen LogP contribution in [0.3, 0.4) is 0 Å². The third-order valence-electron chi connectivity index (χ3n) is 3.23. The lowest BCUT2D eigenvalue weighted by molar-refractivity contribution is 0.0665. The molecule has 1 aromatic heterocycles. The molecule has 0 radical (unpaired) electrons. The van der Waals surface area contributed by atoms with Gasteiger partial charge >= 0.3 is 0 Å². The van der Waals surface area contributed by atoms with Crippen molar-refractivity contribution in [2.45, 2.75) is 33.1 Å². The van der Waals surface area contributed by atoms with Gasteiger partial charge in [-0.2, -0.15) is 0 Å². The Hall–Kier alpha value is -1.09. The second-order valence-electron chi connectivity index (χ2n) is 4.66. The first-order valence-electron chi connectivity index (χ1n) is 6.45. The molecule has 1 fully saturated rings. The molecular weight excluding hydrogens is 214 g/mol. The van der Waals surface area contributed by atoms with E-state index in [4.69, 9.17) is 9.47 Å². The van der Waals surface area contributed by atoms with Crippen molar-refractivity contribution in [3.8, 4) is 5.88 Å². The lowest BCUT2D eigenvalue weighted by atomic mass is 9.93. The molecule has 0 aromatic carbocycles. The number of aryl methyl sites for hydroxylation is 1. The predicted octanol–water partition coefficient (Wildman–Crippen LogP) is 2.76. The fraction of sp³-hybridized carbons (Fsp3) is 0.643. The van der Waals surface area contributed by atoms with E-state index in [-0.39, 0.29) is 0 Å². The van der Waals surface area contributed by atoms with Crippen molar-refractivity contribution in [1.29, 1.82) is 0 Å². The van der Waals surface area contributed by atoms with E-state index in [1.165, 1.54) is 18.4 Å². The minimum absolute atomic E-state index is 0.674. The Kier molecular flexibility index (Phi) is 4.37. The summed E-state index contributed by atoms with van der Waals surface area (Å²) in [6.07, 6.45) is 5.41. The van der Waals surface area contributed by atoms with Gasteiger partial charge in [-0.25, -0.2) is 4.98 Å².